The minimum absolute atomic E-state index is 0.321. The van der Waals surface area contributed by atoms with Gasteiger partial charge in [-0.1, -0.05) is 46.6 Å². The van der Waals surface area contributed by atoms with Crippen molar-refractivity contribution in [1.29, 1.82) is 0 Å². The Morgan fingerprint density at radius 2 is 1.84 bits per heavy atom. The summed E-state index contributed by atoms with van der Waals surface area (Å²) in [6, 6.07) is 8.56. The molecule has 0 unspecified atom stereocenters. The third-order valence-electron chi connectivity index (χ3n) is 6.90. The molecule has 0 radical (unpaired) electrons. The van der Waals surface area contributed by atoms with E-state index in [1.54, 1.807) is 10.8 Å². The van der Waals surface area contributed by atoms with Gasteiger partial charge < -0.3 is 5.32 Å². The second-order valence-corrected chi connectivity index (χ2v) is 12.4. The second kappa shape index (κ2) is 11.8. The van der Waals surface area contributed by atoms with Gasteiger partial charge in [0.25, 0.3) is 0 Å². The van der Waals surface area contributed by atoms with Crippen molar-refractivity contribution >= 4 is 31.9 Å². The lowest BCUT2D eigenvalue weighted by atomic mass is 9.86. The number of likely N-dealkylation sites (tertiary alicyclic amines) is 1. The van der Waals surface area contributed by atoms with Gasteiger partial charge in [-0.3, -0.25) is 9.69 Å². The summed E-state index contributed by atoms with van der Waals surface area (Å²) in [6.07, 6.45) is -0.0300. The number of nitrogens with zero attached hydrogens (tertiary/aromatic N) is 1. The Morgan fingerprint density at radius 3 is 2.54 bits per heavy atom. The van der Waals surface area contributed by atoms with Crippen molar-refractivity contribution in [1.82, 2.24) is 14.9 Å². The van der Waals surface area contributed by atoms with E-state index in [-0.39, 0.29) is 4.90 Å². The quantitative estimate of drug-likeness (QED) is 0.434. The fraction of sp³-hybridized carbons (Fsp3) is 0.500. The molecule has 0 aromatic heterocycles. The molecule has 1 aliphatic heterocycles. The Kier molecular flexibility index (Phi) is 8.98. The number of hydrogen-bond acceptors (Lipinski definition) is 4. The van der Waals surface area contributed by atoms with Crippen molar-refractivity contribution in [2.24, 2.45) is 0 Å². The van der Waals surface area contributed by atoms with Crippen LogP contribution in [0.3, 0.4) is 0 Å². The van der Waals surface area contributed by atoms with Crippen LogP contribution in [0.4, 0.5) is 13.2 Å². The number of alkyl halides is 3. The van der Waals surface area contributed by atoms with Gasteiger partial charge in [-0.15, -0.1) is 0 Å². The van der Waals surface area contributed by atoms with Gasteiger partial charge in [-0.2, -0.15) is 17.9 Å². The van der Waals surface area contributed by atoms with Crippen LogP contribution in [0.25, 0.3) is 0 Å². The van der Waals surface area contributed by atoms with E-state index >= 15 is 0 Å². The first-order chi connectivity index (χ1) is 17.5. The smallest absolute Gasteiger partial charge is 0.349 e. The maximum absolute atomic E-state index is 13.7. The van der Waals surface area contributed by atoms with Crippen LogP contribution in [0, 0.1) is 0 Å². The van der Waals surface area contributed by atoms with Gasteiger partial charge in [0.05, 0.1) is 17.4 Å². The summed E-state index contributed by atoms with van der Waals surface area (Å²) in [6.45, 7) is 3.04. The zero-order valence-electron chi connectivity index (χ0n) is 20.4. The van der Waals surface area contributed by atoms with Crippen molar-refractivity contribution in [3.8, 4) is 0 Å². The molecule has 11 heteroatoms. The zero-order chi connectivity index (χ0) is 26.6. The Morgan fingerprint density at radius 1 is 1.08 bits per heavy atom. The number of hydrogen-bond donors (Lipinski definition) is 2. The molecule has 1 amide bonds. The van der Waals surface area contributed by atoms with Gasteiger partial charge in [0, 0.05) is 11.0 Å². The minimum atomic E-state index is -4.94. The fourth-order valence-electron chi connectivity index (χ4n) is 5.04. The number of fused-ring (bicyclic) bond motifs is 1. The van der Waals surface area contributed by atoms with E-state index in [1.807, 2.05) is 12.1 Å². The predicted molar refractivity (Wildman–Crippen MR) is 138 cm³/mol. The fourth-order valence-corrected chi connectivity index (χ4v) is 6.86. The lowest BCUT2D eigenvalue weighted by Crippen LogP contribution is -2.48. The Bertz CT molecular complexity index is 1220. The van der Waals surface area contributed by atoms with Crippen molar-refractivity contribution in [3.63, 3.8) is 0 Å². The molecule has 1 fully saturated rings. The molecule has 1 aliphatic carbocycles. The maximum atomic E-state index is 13.7. The normalized spacial score (nSPS) is 19.7. The monoisotopic (exact) mass is 601 g/mol. The molecule has 1 saturated heterocycles. The highest BCUT2D eigenvalue weighted by molar-refractivity contribution is 9.10. The minimum Gasteiger partial charge on any atom is -0.349 e. The number of sulfonamides is 1. The number of carbonyl (C=O) groups is 1. The molecule has 2 aliphatic rings. The average molecular weight is 603 g/mol. The molecule has 2 atom stereocenters. The highest BCUT2D eigenvalue weighted by Gasteiger charge is 2.44. The van der Waals surface area contributed by atoms with E-state index in [0.717, 1.165) is 43.6 Å². The molecule has 2 N–H and O–H groups in total. The number of rotatable bonds is 8. The number of nitrogens with one attached hydrogen (secondary N) is 2. The van der Waals surface area contributed by atoms with Gasteiger partial charge in [0.1, 0.15) is 6.04 Å². The number of piperidine rings is 1. The van der Waals surface area contributed by atoms with E-state index < -0.39 is 40.6 Å². The van der Waals surface area contributed by atoms with E-state index in [1.165, 1.54) is 43.0 Å². The van der Waals surface area contributed by atoms with Crippen molar-refractivity contribution in [2.45, 2.75) is 74.6 Å². The molecule has 0 bridgehead atoms. The highest BCUT2D eigenvalue weighted by Crippen LogP contribution is 2.32. The molecule has 0 spiro atoms. The molecule has 6 nitrogen and oxygen atoms in total. The van der Waals surface area contributed by atoms with Gasteiger partial charge >= 0.3 is 6.18 Å². The van der Waals surface area contributed by atoms with Gasteiger partial charge in [-0.25, -0.2) is 8.42 Å². The third-order valence-corrected chi connectivity index (χ3v) is 8.86. The van der Waals surface area contributed by atoms with Crippen LogP contribution in [-0.4, -0.2) is 44.5 Å². The summed E-state index contributed by atoms with van der Waals surface area (Å²) in [4.78, 5) is 14.8. The first kappa shape index (κ1) is 28.1. The highest BCUT2D eigenvalue weighted by atomic mass is 79.9. The van der Waals surface area contributed by atoms with Crippen LogP contribution >= 0.6 is 15.9 Å². The summed E-state index contributed by atoms with van der Waals surface area (Å²) in [5.41, 5.74) is 3.22. The van der Waals surface area contributed by atoms with Crippen LogP contribution < -0.4 is 10.0 Å². The molecular formula is C26H31BrF3N3O3S. The van der Waals surface area contributed by atoms with Crippen molar-refractivity contribution < 1.29 is 26.4 Å². The van der Waals surface area contributed by atoms with Crippen LogP contribution in [0.1, 0.15) is 61.3 Å². The first-order valence-corrected chi connectivity index (χ1v) is 14.8. The van der Waals surface area contributed by atoms with Gasteiger partial charge in [-0.05, 0) is 80.1 Å². The Balaban J connectivity index is 1.43. The van der Waals surface area contributed by atoms with Gasteiger partial charge in [0.15, 0.2) is 0 Å². The summed E-state index contributed by atoms with van der Waals surface area (Å²) >= 11 is 3.12. The van der Waals surface area contributed by atoms with Crippen molar-refractivity contribution in [3.05, 3.63) is 63.6 Å². The van der Waals surface area contributed by atoms with E-state index in [2.05, 4.69) is 32.2 Å². The average Bonchev–Trinajstić information content (AvgIpc) is 2.84. The summed E-state index contributed by atoms with van der Waals surface area (Å²) in [7, 11) is -4.49. The lowest BCUT2D eigenvalue weighted by Gasteiger charge is -2.30. The third kappa shape index (κ3) is 7.55. The molecule has 0 saturated carbocycles. The number of benzene rings is 2. The first-order valence-electron chi connectivity index (χ1n) is 12.5. The number of aryl methyl sites for hydroxylation is 1. The van der Waals surface area contributed by atoms with Crippen LogP contribution in [0.15, 0.2) is 51.8 Å². The molecular weight excluding hydrogens is 571 g/mol. The summed E-state index contributed by atoms with van der Waals surface area (Å²) in [5.74, 6) is -0.852. The summed E-state index contributed by atoms with van der Waals surface area (Å²) < 4.78 is 68.5. The summed E-state index contributed by atoms with van der Waals surface area (Å²) in [5, 5.41) is 2.72. The molecule has 2 aromatic carbocycles. The van der Waals surface area contributed by atoms with Crippen LogP contribution in [0.5, 0.6) is 0 Å². The number of carbonyl (C=O) groups excluding carboxylic acids is 1. The van der Waals surface area contributed by atoms with Gasteiger partial charge in [0.2, 0.25) is 15.9 Å². The molecule has 4 rings (SSSR count). The van der Waals surface area contributed by atoms with Crippen molar-refractivity contribution in [2.75, 3.05) is 13.1 Å². The number of halogens is 4. The van der Waals surface area contributed by atoms with E-state index in [9.17, 15) is 26.4 Å². The molecule has 37 heavy (non-hydrogen) atoms. The SMILES string of the molecule is O=C(C[C@@H](NS(=O)(=O)c1cccc(Br)c1)C(F)(F)F)N[C@@H]1CCCc2cc(CN3CCCCC3)ccc21. The maximum Gasteiger partial charge on any atom is 0.405 e. The van der Waals surface area contributed by atoms with E-state index in [4.69, 9.17) is 0 Å². The lowest BCUT2D eigenvalue weighted by molar-refractivity contribution is -0.158. The predicted octanol–water partition coefficient (Wildman–Crippen LogP) is 5.23. The van der Waals surface area contributed by atoms with Crippen LogP contribution in [0.2, 0.25) is 0 Å². The molecule has 202 valence electrons. The topological polar surface area (TPSA) is 78.5 Å². The van der Waals surface area contributed by atoms with Crippen LogP contribution in [-0.2, 0) is 27.8 Å². The zero-order valence-corrected chi connectivity index (χ0v) is 22.8. The molecule has 1 heterocycles. The van der Waals surface area contributed by atoms with E-state index in [0.29, 0.717) is 10.9 Å². The Hall–Kier alpha value is -1.95. The largest absolute Gasteiger partial charge is 0.405 e. The second-order valence-electron chi connectivity index (χ2n) is 9.76. The standard InChI is InChI=1S/C26H31BrF3N3O3S/c27-20-7-5-8-21(15-20)37(35,36)32-24(26(28,29)30)16-25(34)31-23-9-4-6-19-14-18(10-11-22(19)23)17-33-12-2-1-3-13-33/h5,7-8,10-11,14-15,23-24,32H,1-4,6,9,12-13,16-17H2,(H,31,34)/t23-,24-/m1/s1. The Labute approximate surface area is 224 Å². The molecule has 2 aromatic rings. The number of amides is 1.